The number of rotatable bonds is 3. The Balaban J connectivity index is 1.63. The molecule has 0 fully saturated rings. The second kappa shape index (κ2) is 8.84. The van der Waals surface area contributed by atoms with Gasteiger partial charge >= 0.3 is 0 Å². The molecular formula is C38H25N3Si. The minimum Gasteiger partial charge on any atom is -0.307 e. The fourth-order valence-electron chi connectivity index (χ4n) is 7.53. The van der Waals surface area contributed by atoms with E-state index in [2.05, 4.69) is 137 Å². The highest BCUT2D eigenvalue weighted by atomic mass is 28.3. The molecule has 4 heterocycles. The Kier molecular flexibility index (Phi) is 4.92. The normalized spacial score (nSPS) is 13.4. The van der Waals surface area contributed by atoms with Crippen LogP contribution < -0.4 is 20.7 Å². The van der Waals surface area contributed by atoms with Crippen LogP contribution in [0.4, 0.5) is 0 Å². The third-order valence-electron chi connectivity index (χ3n) is 9.01. The second-order valence-electron chi connectivity index (χ2n) is 11.0. The van der Waals surface area contributed by atoms with Gasteiger partial charge in [-0.15, -0.1) is 0 Å². The highest BCUT2D eigenvalue weighted by Crippen LogP contribution is 2.44. The summed E-state index contributed by atoms with van der Waals surface area (Å²) in [7, 11) is -2.75. The second-order valence-corrected chi connectivity index (χ2v) is 14.7. The maximum Gasteiger partial charge on any atom is 0.181 e. The summed E-state index contributed by atoms with van der Waals surface area (Å²) in [5, 5.41) is 10.6. The largest absolute Gasteiger partial charge is 0.307 e. The molecule has 9 rings (SSSR count). The van der Waals surface area contributed by atoms with Gasteiger partial charge in [0.25, 0.3) is 0 Å². The van der Waals surface area contributed by atoms with Crippen molar-refractivity contribution in [1.29, 1.82) is 0 Å². The highest BCUT2D eigenvalue weighted by molar-refractivity contribution is 7.23. The van der Waals surface area contributed by atoms with E-state index in [0.29, 0.717) is 0 Å². The Morgan fingerprint density at radius 2 is 1.21 bits per heavy atom. The molecule has 0 saturated heterocycles. The molecular weight excluding hydrogens is 527 g/mol. The van der Waals surface area contributed by atoms with E-state index >= 15 is 0 Å². The topological polar surface area (TPSA) is 30.7 Å². The average molecular weight is 552 g/mol. The van der Waals surface area contributed by atoms with E-state index in [-0.39, 0.29) is 0 Å². The number of hydrogen-bond acceptors (Lipinski definition) is 2. The average Bonchev–Trinajstić information content (AvgIpc) is 3.58. The molecule has 0 spiro atoms. The third kappa shape index (κ3) is 2.94. The Labute approximate surface area is 244 Å². The lowest BCUT2D eigenvalue weighted by Crippen LogP contribution is -2.73. The van der Waals surface area contributed by atoms with Crippen LogP contribution in [0.1, 0.15) is 0 Å². The molecule has 5 aromatic carbocycles. The lowest BCUT2D eigenvalue weighted by Gasteiger charge is -2.32. The summed E-state index contributed by atoms with van der Waals surface area (Å²) >= 11 is 0. The molecule has 0 N–H and O–H groups in total. The van der Waals surface area contributed by atoms with Gasteiger partial charge in [-0.3, -0.25) is 9.97 Å². The molecule has 0 amide bonds. The van der Waals surface area contributed by atoms with Crippen LogP contribution in [0.15, 0.2) is 152 Å². The van der Waals surface area contributed by atoms with Gasteiger partial charge in [0.1, 0.15) is 0 Å². The zero-order valence-corrected chi connectivity index (χ0v) is 23.8. The first-order chi connectivity index (χ1) is 20.9. The van der Waals surface area contributed by atoms with Crippen LogP contribution in [-0.2, 0) is 0 Å². The molecule has 42 heavy (non-hydrogen) atoms. The fourth-order valence-corrected chi connectivity index (χ4v) is 12.9. The number of benzene rings is 5. The van der Waals surface area contributed by atoms with Crippen LogP contribution in [0.25, 0.3) is 49.4 Å². The van der Waals surface area contributed by atoms with Crippen LogP contribution >= 0.6 is 0 Å². The summed E-state index contributed by atoms with van der Waals surface area (Å²) < 4.78 is 2.44. The van der Waals surface area contributed by atoms with E-state index in [9.17, 15) is 0 Å². The van der Waals surface area contributed by atoms with Crippen LogP contribution in [-0.4, -0.2) is 22.6 Å². The van der Waals surface area contributed by atoms with Crippen molar-refractivity contribution in [3.05, 3.63) is 152 Å². The third-order valence-corrected chi connectivity index (χ3v) is 13.9. The number of para-hydroxylation sites is 1. The van der Waals surface area contributed by atoms with Crippen LogP contribution in [0.3, 0.4) is 0 Å². The minimum absolute atomic E-state index is 1.07. The summed E-state index contributed by atoms with van der Waals surface area (Å²) in [6.45, 7) is 0. The highest BCUT2D eigenvalue weighted by Gasteiger charge is 2.51. The smallest absolute Gasteiger partial charge is 0.181 e. The number of fused-ring (bicyclic) bond motifs is 10. The first-order valence-corrected chi connectivity index (χ1v) is 16.3. The van der Waals surface area contributed by atoms with Gasteiger partial charge < -0.3 is 4.57 Å². The number of pyridine rings is 2. The maximum atomic E-state index is 4.76. The Hall–Kier alpha value is -5.32. The monoisotopic (exact) mass is 551 g/mol. The van der Waals surface area contributed by atoms with E-state index in [1.807, 2.05) is 24.7 Å². The molecule has 1 aliphatic heterocycles. The molecule has 0 saturated carbocycles. The fraction of sp³-hybridized carbons (Fsp3) is 0. The van der Waals surface area contributed by atoms with Crippen molar-refractivity contribution in [2.75, 3.05) is 0 Å². The standard InChI is InChI=1S/C38H25N3Si/c1-3-13-27(14-4-1)42(28-15-5-2-6-16-28)34-20-10-8-18-31(34)36-37-35(29-21-23-40-25-32(29)38(36)42)30-17-7-9-19-33(30)41(37)26-12-11-22-39-24-26/h1-25H. The van der Waals surface area contributed by atoms with Gasteiger partial charge in [0.15, 0.2) is 8.07 Å². The molecule has 4 heteroatoms. The van der Waals surface area contributed by atoms with Gasteiger partial charge in [0.2, 0.25) is 0 Å². The first kappa shape index (κ1) is 23.4. The van der Waals surface area contributed by atoms with Crippen LogP contribution in [0.5, 0.6) is 0 Å². The van der Waals surface area contributed by atoms with Crippen molar-refractivity contribution >= 4 is 61.4 Å². The molecule has 0 atom stereocenters. The number of nitrogens with zero attached hydrogens (tertiary/aromatic N) is 3. The molecule has 0 radical (unpaired) electrons. The van der Waals surface area contributed by atoms with E-state index < -0.39 is 8.07 Å². The Bertz CT molecular complexity index is 2250. The zero-order valence-electron chi connectivity index (χ0n) is 22.8. The van der Waals surface area contributed by atoms with E-state index in [1.54, 1.807) is 0 Å². The van der Waals surface area contributed by atoms with E-state index in [0.717, 1.165) is 5.69 Å². The van der Waals surface area contributed by atoms with Gasteiger partial charge in [-0.25, -0.2) is 0 Å². The van der Waals surface area contributed by atoms with Gasteiger partial charge in [0.05, 0.1) is 22.9 Å². The minimum atomic E-state index is -2.75. The van der Waals surface area contributed by atoms with Crippen LogP contribution in [0, 0.1) is 0 Å². The van der Waals surface area contributed by atoms with Crippen molar-refractivity contribution in [1.82, 2.24) is 14.5 Å². The SMILES string of the molecule is c1ccc([Si]2(c3ccccc3)c3ccccc3-c3c2c2cnccc2c2c4ccccc4n(-c4cccnc4)c32)cc1. The van der Waals surface area contributed by atoms with Crippen molar-refractivity contribution < 1.29 is 0 Å². The zero-order chi connectivity index (χ0) is 27.7. The maximum absolute atomic E-state index is 4.76. The molecule has 196 valence electrons. The van der Waals surface area contributed by atoms with Gasteiger partial charge in [-0.05, 0) is 56.0 Å². The van der Waals surface area contributed by atoms with Crippen molar-refractivity contribution in [3.63, 3.8) is 0 Å². The number of aromatic nitrogens is 3. The van der Waals surface area contributed by atoms with E-state index in [1.165, 1.54) is 64.5 Å². The summed E-state index contributed by atoms with van der Waals surface area (Å²) in [6.07, 6.45) is 7.89. The van der Waals surface area contributed by atoms with Gasteiger partial charge in [-0.2, -0.15) is 0 Å². The molecule has 0 aliphatic carbocycles. The predicted octanol–water partition coefficient (Wildman–Crippen LogP) is 6.08. The summed E-state index contributed by atoms with van der Waals surface area (Å²) in [5.74, 6) is 0. The molecule has 1 aliphatic rings. The lowest BCUT2D eigenvalue weighted by atomic mass is 9.97. The van der Waals surface area contributed by atoms with Crippen molar-refractivity contribution in [2.24, 2.45) is 0 Å². The summed E-state index contributed by atoms with van der Waals surface area (Å²) in [5.41, 5.74) is 6.13. The predicted molar refractivity (Wildman–Crippen MR) is 176 cm³/mol. The Morgan fingerprint density at radius 3 is 1.98 bits per heavy atom. The van der Waals surface area contributed by atoms with Crippen LogP contribution in [0.2, 0.25) is 0 Å². The molecule has 8 aromatic rings. The lowest BCUT2D eigenvalue weighted by molar-refractivity contribution is 1.14. The molecule has 0 unspecified atom stereocenters. The summed E-state index contributed by atoms with van der Waals surface area (Å²) in [6, 6.07) is 46.7. The molecule has 3 nitrogen and oxygen atoms in total. The van der Waals surface area contributed by atoms with Crippen molar-refractivity contribution in [2.45, 2.75) is 0 Å². The van der Waals surface area contributed by atoms with Gasteiger partial charge in [0, 0.05) is 40.3 Å². The van der Waals surface area contributed by atoms with Gasteiger partial charge in [-0.1, -0.05) is 103 Å². The molecule has 0 bridgehead atoms. The molecule has 3 aromatic heterocycles. The number of hydrogen-bond donors (Lipinski definition) is 0. The van der Waals surface area contributed by atoms with E-state index in [4.69, 9.17) is 4.98 Å². The quantitative estimate of drug-likeness (QED) is 0.249. The van der Waals surface area contributed by atoms with Crippen molar-refractivity contribution in [3.8, 4) is 16.8 Å². The Morgan fingerprint density at radius 1 is 0.524 bits per heavy atom. The first-order valence-electron chi connectivity index (χ1n) is 14.3. The summed E-state index contributed by atoms with van der Waals surface area (Å²) in [4.78, 5) is 9.32.